The molecule has 1 unspecified atom stereocenters. The van der Waals surface area contributed by atoms with E-state index in [1.807, 2.05) is 0 Å². The van der Waals surface area contributed by atoms with Gasteiger partial charge in [-0.2, -0.15) is 4.99 Å². The predicted octanol–water partition coefficient (Wildman–Crippen LogP) is 1.37. The van der Waals surface area contributed by atoms with Crippen molar-refractivity contribution in [2.75, 3.05) is 7.11 Å². The summed E-state index contributed by atoms with van der Waals surface area (Å²) in [6.07, 6.45) is -0.788. The quantitative estimate of drug-likeness (QED) is 0.890. The molecule has 1 aromatic carbocycles. The number of hydrogen-bond donors (Lipinski definition) is 1. The van der Waals surface area contributed by atoms with Gasteiger partial charge in [-0.05, 0) is 18.2 Å². The molecule has 1 aromatic rings. The molecule has 2 rings (SSSR count). The summed E-state index contributed by atoms with van der Waals surface area (Å²) >= 11 is 3.34. The third kappa shape index (κ3) is 1.88. The standard InChI is InChI=1S/C10H9BrN2O3/c1-15-5-2-3-7(11)6(4-5)8-9(14)13-10(12)16-8/h2-4,8H,1H3,(H2,12,13,14). The van der Waals surface area contributed by atoms with Crippen molar-refractivity contribution in [2.24, 2.45) is 10.7 Å². The van der Waals surface area contributed by atoms with Crippen molar-refractivity contribution in [1.82, 2.24) is 0 Å². The van der Waals surface area contributed by atoms with Gasteiger partial charge in [0.2, 0.25) is 6.10 Å². The maximum absolute atomic E-state index is 11.5. The number of nitrogens with two attached hydrogens (primary N) is 1. The summed E-state index contributed by atoms with van der Waals surface area (Å²) in [4.78, 5) is 15.0. The Labute approximate surface area is 100 Å². The van der Waals surface area contributed by atoms with E-state index >= 15 is 0 Å². The summed E-state index contributed by atoms with van der Waals surface area (Å²) in [5.74, 6) is 0.228. The molecular weight excluding hydrogens is 276 g/mol. The summed E-state index contributed by atoms with van der Waals surface area (Å²) in [7, 11) is 1.55. The van der Waals surface area contributed by atoms with E-state index in [0.29, 0.717) is 11.3 Å². The molecule has 0 radical (unpaired) electrons. The van der Waals surface area contributed by atoms with E-state index in [0.717, 1.165) is 4.47 Å². The van der Waals surface area contributed by atoms with Gasteiger partial charge < -0.3 is 15.2 Å². The van der Waals surface area contributed by atoms with Gasteiger partial charge in [-0.3, -0.25) is 4.79 Å². The highest BCUT2D eigenvalue weighted by atomic mass is 79.9. The van der Waals surface area contributed by atoms with Crippen LogP contribution in [0.5, 0.6) is 5.75 Å². The first-order valence-corrected chi connectivity index (χ1v) is 5.29. The molecule has 1 aliphatic rings. The number of ether oxygens (including phenoxy) is 2. The third-order valence-electron chi connectivity index (χ3n) is 2.17. The summed E-state index contributed by atoms with van der Waals surface area (Å²) < 4.78 is 11.0. The van der Waals surface area contributed by atoms with Crippen LogP contribution in [0, 0.1) is 0 Å². The van der Waals surface area contributed by atoms with Gasteiger partial charge in [0.15, 0.2) is 0 Å². The number of carbonyl (C=O) groups excluding carboxylic acids is 1. The molecule has 1 amide bonds. The van der Waals surface area contributed by atoms with E-state index in [9.17, 15) is 4.79 Å². The number of methoxy groups -OCH3 is 1. The molecule has 1 aliphatic heterocycles. The summed E-state index contributed by atoms with van der Waals surface area (Å²) in [5.41, 5.74) is 5.98. The van der Waals surface area contributed by atoms with Crippen LogP contribution in [0.2, 0.25) is 0 Å². The Morgan fingerprint density at radius 3 is 2.88 bits per heavy atom. The van der Waals surface area contributed by atoms with E-state index in [2.05, 4.69) is 20.9 Å². The maximum atomic E-state index is 11.5. The van der Waals surface area contributed by atoms with Gasteiger partial charge in [0.05, 0.1) is 7.11 Å². The lowest BCUT2D eigenvalue weighted by molar-refractivity contribution is -0.122. The number of carbonyl (C=O) groups is 1. The molecule has 84 valence electrons. The number of halogens is 1. The van der Waals surface area contributed by atoms with E-state index < -0.39 is 12.0 Å². The zero-order chi connectivity index (χ0) is 11.7. The van der Waals surface area contributed by atoms with Crippen molar-refractivity contribution in [2.45, 2.75) is 6.10 Å². The van der Waals surface area contributed by atoms with Crippen LogP contribution >= 0.6 is 15.9 Å². The van der Waals surface area contributed by atoms with Gasteiger partial charge >= 0.3 is 0 Å². The lowest BCUT2D eigenvalue weighted by Crippen LogP contribution is -2.14. The molecule has 0 fully saturated rings. The zero-order valence-electron chi connectivity index (χ0n) is 8.44. The molecule has 0 aromatic heterocycles. The van der Waals surface area contributed by atoms with E-state index in [4.69, 9.17) is 15.2 Å². The fourth-order valence-electron chi connectivity index (χ4n) is 1.41. The Balaban J connectivity index is 2.37. The lowest BCUT2D eigenvalue weighted by Gasteiger charge is -2.12. The fraction of sp³-hybridized carbons (Fsp3) is 0.200. The highest BCUT2D eigenvalue weighted by Crippen LogP contribution is 2.32. The van der Waals surface area contributed by atoms with Crippen molar-refractivity contribution in [3.8, 4) is 5.75 Å². The van der Waals surface area contributed by atoms with Gasteiger partial charge in [-0.15, -0.1) is 0 Å². The number of benzene rings is 1. The maximum Gasteiger partial charge on any atom is 0.296 e. The van der Waals surface area contributed by atoms with Crippen LogP contribution in [-0.4, -0.2) is 19.0 Å². The van der Waals surface area contributed by atoms with Gasteiger partial charge in [-0.25, -0.2) is 0 Å². The highest BCUT2D eigenvalue weighted by Gasteiger charge is 2.31. The van der Waals surface area contributed by atoms with Gasteiger partial charge in [0.1, 0.15) is 5.75 Å². The fourth-order valence-corrected chi connectivity index (χ4v) is 1.87. The molecule has 0 saturated carbocycles. The molecule has 1 atom stereocenters. The Kier molecular flexibility index (Phi) is 2.82. The number of amides is 1. The van der Waals surface area contributed by atoms with Crippen LogP contribution < -0.4 is 10.5 Å². The highest BCUT2D eigenvalue weighted by molar-refractivity contribution is 9.10. The van der Waals surface area contributed by atoms with Crippen LogP contribution in [-0.2, 0) is 9.53 Å². The Morgan fingerprint density at radius 1 is 1.56 bits per heavy atom. The summed E-state index contributed by atoms with van der Waals surface area (Å²) in [6, 6.07) is 5.15. The topological polar surface area (TPSA) is 73.9 Å². The molecule has 2 N–H and O–H groups in total. The monoisotopic (exact) mass is 284 g/mol. The second kappa shape index (κ2) is 4.13. The van der Waals surface area contributed by atoms with E-state index in [1.54, 1.807) is 25.3 Å². The van der Waals surface area contributed by atoms with Gasteiger partial charge in [0, 0.05) is 10.0 Å². The summed E-state index contributed by atoms with van der Waals surface area (Å²) in [5, 5.41) is 0. The van der Waals surface area contributed by atoms with Crippen molar-refractivity contribution < 1.29 is 14.3 Å². The Hall–Kier alpha value is -1.56. The first-order chi connectivity index (χ1) is 7.61. The second-order valence-electron chi connectivity index (χ2n) is 3.17. The molecule has 0 bridgehead atoms. The Morgan fingerprint density at radius 2 is 2.31 bits per heavy atom. The number of aliphatic imine (C=N–C) groups is 1. The molecule has 16 heavy (non-hydrogen) atoms. The van der Waals surface area contributed by atoms with Crippen molar-refractivity contribution >= 4 is 27.9 Å². The minimum atomic E-state index is -0.788. The van der Waals surface area contributed by atoms with Crippen LogP contribution in [0.1, 0.15) is 11.7 Å². The average molecular weight is 285 g/mol. The average Bonchev–Trinajstić information content (AvgIpc) is 2.58. The second-order valence-corrected chi connectivity index (χ2v) is 4.03. The first kappa shape index (κ1) is 10.9. The number of amidine groups is 1. The number of rotatable bonds is 2. The normalized spacial score (nSPS) is 19.2. The lowest BCUT2D eigenvalue weighted by atomic mass is 10.1. The van der Waals surface area contributed by atoms with E-state index in [1.165, 1.54) is 0 Å². The smallest absolute Gasteiger partial charge is 0.296 e. The minimum Gasteiger partial charge on any atom is -0.497 e. The predicted molar refractivity (Wildman–Crippen MR) is 61.1 cm³/mol. The van der Waals surface area contributed by atoms with Gasteiger partial charge in [-0.1, -0.05) is 15.9 Å². The largest absolute Gasteiger partial charge is 0.497 e. The van der Waals surface area contributed by atoms with E-state index in [-0.39, 0.29) is 6.02 Å². The molecule has 0 aliphatic carbocycles. The van der Waals surface area contributed by atoms with Crippen molar-refractivity contribution in [3.63, 3.8) is 0 Å². The summed E-state index contributed by atoms with van der Waals surface area (Å²) in [6.45, 7) is 0. The van der Waals surface area contributed by atoms with Crippen molar-refractivity contribution in [3.05, 3.63) is 28.2 Å². The molecule has 1 heterocycles. The zero-order valence-corrected chi connectivity index (χ0v) is 10.0. The molecule has 5 nitrogen and oxygen atoms in total. The Bertz CT molecular complexity index is 473. The van der Waals surface area contributed by atoms with Crippen molar-refractivity contribution in [1.29, 1.82) is 0 Å². The van der Waals surface area contributed by atoms with Crippen LogP contribution in [0.15, 0.2) is 27.7 Å². The van der Waals surface area contributed by atoms with Crippen LogP contribution in [0.4, 0.5) is 0 Å². The number of nitrogens with zero attached hydrogens (tertiary/aromatic N) is 1. The molecular formula is C10H9BrN2O3. The molecule has 0 spiro atoms. The van der Waals surface area contributed by atoms with Gasteiger partial charge in [0.25, 0.3) is 11.9 Å². The molecule has 6 heteroatoms. The third-order valence-corrected chi connectivity index (χ3v) is 2.89. The van der Waals surface area contributed by atoms with Crippen LogP contribution in [0.25, 0.3) is 0 Å². The number of hydrogen-bond acceptors (Lipinski definition) is 4. The minimum absolute atomic E-state index is 0.107. The van der Waals surface area contributed by atoms with Crippen LogP contribution in [0.3, 0.4) is 0 Å². The molecule has 0 saturated heterocycles. The first-order valence-electron chi connectivity index (χ1n) is 4.50. The SMILES string of the molecule is COc1ccc(Br)c(C2OC(N)=NC2=O)c1.